The van der Waals surface area contributed by atoms with Crippen LogP contribution in [0.4, 0.5) is 0 Å². The third-order valence-electron chi connectivity index (χ3n) is 3.79. The predicted octanol–water partition coefficient (Wildman–Crippen LogP) is 3.64. The van der Waals surface area contributed by atoms with E-state index in [9.17, 15) is 0 Å². The van der Waals surface area contributed by atoms with Crippen LogP contribution >= 0.6 is 0 Å². The van der Waals surface area contributed by atoms with Gasteiger partial charge in [-0.05, 0) is 83.8 Å². The lowest BCUT2D eigenvalue weighted by molar-refractivity contribution is 0.332. The van der Waals surface area contributed by atoms with Crippen LogP contribution in [0.25, 0.3) is 0 Å². The lowest BCUT2D eigenvalue weighted by Crippen LogP contribution is -2.57. The van der Waals surface area contributed by atoms with Crippen molar-refractivity contribution in [2.24, 2.45) is 11.5 Å². The minimum Gasteiger partial charge on any atom is -0.436 e. The molecule has 0 heterocycles. The lowest BCUT2D eigenvalue weighted by atomic mass is 10.5. The maximum atomic E-state index is 6.54. The summed E-state index contributed by atoms with van der Waals surface area (Å²) in [6, 6.07) is 2.11. The van der Waals surface area contributed by atoms with Gasteiger partial charge in [0.25, 0.3) is 0 Å². The van der Waals surface area contributed by atoms with E-state index in [0.717, 1.165) is 24.9 Å². The SMILES string of the molecule is C=C[Si](C)(O[Si](C)(C)CCCN)O[Si](C)(C)O[Si](C)(C)CCCN. The van der Waals surface area contributed by atoms with Crippen LogP contribution in [0, 0.1) is 0 Å². The van der Waals surface area contributed by atoms with Gasteiger partial charge in [-0.3, -0.25) is 0 Å². The molecule has 0 saturated heterocycles. The Labute approximate surface area is 153 Å². The van der Waals surface area contributed by atoms with Gasteiger partial charge < -0.3 is 23.8 Å². The van der Waals surface area contributed by atoms with Crippen LogP contribution in [0.15, 0.2) is 12.3 Å². The molecule has 0 saturated carbocycles. The second-order valence-electron chi connectivity index (χ2n) is 8.23. The Hall–Kier alpha value is 0.408. The van der Waals surface area contributed by atoms with E-state index >= 15 is 0 Å². The average molecular weight is 409 g/mol. The van der Waals surface area contributed by atoms with Crippen molar-refractivity contribution in [2.45, 2.75) is 70.8 Å². The van der Waals surface area contributed by atoms with Crippen LogP contribution in [-0.4, -0.2) is 46.8 Å². The average Bonchev–Trinajstić information content (AvgIpc) is 2.40. The van der Waals surface area contributed by atoms with Crippen LogP contribution in [-0.2, 0) is 12.3 Å². The monoisotopic (exact) mass is 408 g/mol. The van der Waals surface area contributed by atoms with Crippen molar-refractivity contribution in [3.8, 4) is 0 Å². The molecule has 0 aliphatic carbocycles. The molecule has 5 nitrogen and oxygen atoms in total. The smallest absolute Gasteiger partial charge is 0.342 e. The predicted molar refractivity (Wildman–Crippen MR) is 114 cm³/mol. The van der Waals surface area contributed by atoms with Crippen LogP contribution in [0.5, 0.6) is 0 Å². The first-order chi connectivity index (χ1) is 10.8. The van der Waals surface area contributed by atoms with Crippen molar-refractivity contribution in [2.75, 3.05) is 13.1 Å². The highest BCUT2D eigenvalue weighted by Gasteiger charge is 2.44. The van der Waals surface area contributed by atoms with Crippen molar-refractivity contribution in [1.29, 1.82) is 0 Å². The molecular weight excluding hydrogens is 369 g/mol. The molecule has 0 aromatic rings. The van der Waals surface area contributed by atoms with Gasteiger partial charge in [0.15, 0.2) is 16.6 Å². The number of nitrogens with two attached hydrogens (primary N) is 2. The first-order valence-electron chi connectivity index (χ1n) is 8.95. The topological polar surface area (TPSA) is 79.7 Å². The first kappa shape index (κ1) is 24.4. The third kappa shape index (κ3) is 10.4. The van der Waals surface area contributed by atoms with E-state index < -0.39 is 33.8 Å². The van der Waals surface area contributed by atoms with Gasteiger partial charge in [0, 0.05) is 0 Å². The summed E-state index contributed by atoms with van der Waals surface area (Å²) < 4.78 is 19.6. The quantitative estimate of drug-likeness (QED) is 0.455. The molecule has 1 unspecified atom stereocenters. The molecule has 0 aliphatic heterocycles. The van der Waals surface area contributed by atoms with Gasteiger partial charge in [-0.25, -0.2) is 0 Å². The highest BCUT2D eigenvalue weighted by atomic mass is 28.5. The summed E-state index contributed by atoms with van der Waals surface area (Å²) in [4.78, 5) is 0. The summed E-state index contributed by atoms with van der Waals surface area (Å²) in [5.74, 6) is 0. The van der Waals surface area contributed by atoms with E-state index in [-0.39, 0.29) is 0 Å². The molecule has 0 rings (SSSR count). The Morgan fingerprint density at radius 3 is 1.54 bits per heavy atom. The van der Waals surface area contributed by atoms with Crippen LogP contribution < -0.4 is 11.5 Å². The van der Waals surface area contributed by atoms with Crippen LogP contribution in [0.3, 0.4) is 0 Å². The third-order valence-corrected chi connectivity index (χ3v) is 19.2. The molecular formula is C15H40N2O3Si4. The lowest BCUT2D eigenvalue weighted by Gasteiger charge is -2.41. The van der Waals surface area contributed by atoms with Crippen molar-refractivity contribution < 1.29 is 12.3 Å². The molecule has 0 amide bonds. The molecule has 0 fully saturated rings. The summed E-state index contributed by atoms with van der Waals surface area (Å²) in [5, 5.41) is 0. The second kappa shape index (κ2) is 9.93. The van der Waals surface area contributed by atoms with Crippen molar-refractivity contribution >= 4 is 33.8 Å². The van der Waals surface area contributed by atoms with Crippen molar-refractivity contribution in [3.05, 3.63) is 12.3 Å². The zero-order valence-electron chi connectivity index (χ0n) is 16.9. The summed E-state index contributed by atoms with van der Waals surface area (Å²) in [6.45, 7) is 20.7. The number of hydrogen-bond acceptors (Lipinski definition) is 5. The summed E-state index contributed by atoms with van der Waals surface area (Å²) in [5.41, 5.74) is 13.2. The van der Waals surface area contributed by atoms with Gasteiger partial charge in [0.2, 0.25) is 0 Å². The molecule has 0 spiro atoms. The molecule has 0 bridgehead atoms. The number of hydrogen-bond donors (Lipinski definition) is 2. The molecule has 1 atom stereocenters. The summed E-state index contributed by atoms with van der Waals surface area (Å²) in [6.07, 6.45) is 2.01. The molecule has 0 aromatic carbocycles. The Morgan fingerprint density at radius 2 is 1.17 bits per heavy atom. The molecule has 144 valence electrons. The first-order valence-corrected chi connectivity index (χ1v) is 20.4. The fourth-order valence-corrected chi connectivity index (χ4v) is 21.3. The zero-order chi connectivity index (χ0) is 19.1. The normalized spacial score (nSPS) is 16.0. The maximum Gasteiger partial charge on any atom is 0.342 e. The summed E-state index contributed by atoms with van der Waals surface area (Å²) in [7, 11) is -8.33. The molecule has 24 heavy (non-hydrogen) atoms. The Balaban J connectivity index is 4.96. The van der Waals surface area contributed by atoms with Gasteiger partial charge in [-0.15, -0.1) is 6.58 Å². The van der Waals surface area contributed by atoms with Gasteiger partial charge >= 0.3 is 17.1 Å². The zero-order valence-corrected chi connectivity index (χ0v) is 20.9. The largest absolute Gasteiger partial charge is 0.436 e. The van der Waals surface area contributed by atoms with E-state index in [1.165, 1.54) is 0 Å². The van der Waals surface area contributed by atoms with Gasteiger partial charge in [-0.2, -0.15) is 0 Å². The summed E-state index contributed by atoms with van der Waals surface area (Å²) >= 11 is 0. The van der Waals surface area contributed by atoms with Gasteiger partial charge in [0.05, 0.1) is 0 Å². The Morgan fingerprint density at radius 1 is 0.750 bits per heavy atom. The van der Waals surface area contributed by atoms with E-state index in [4.69, 9.17) is 23.8 Å². The molecule has 9 heteroatoms. The molecule has 0 radical (unpaired) electrons. The van der Waals surface area contributed by atoms with Crippen LogP contribution in [0.2, 0.25) is 57.9 Å². The molecule has 0 aliphatic rings. The molecule has 0 aromatic heterocycles. The van der Waals surface area contributed by atoms with E-state index in [1.807, 2.05) is 5.70 Å². The highest BCUT2D eigenvalue weighted by Crippen LogP contribution is 2.27. The Kier molecular flexibility index (Phi) is 10.1. The maximum absolute atomic E-state index is 6.54. The molecule has 4 N–H and O–H groups in total. The van der Waals surface area contributed by atoms with Crippen LogP contribution in [0.1, 0.15) is 12.8 Å². The van der Waals surface area contributed by atoms with Crippen molar-refractivity contribution in [1.82, 2.24) is 0 Å². The number of rotatable bonds is 13. The van der Waals surface area contributed by atoms with E-state index in [2.05, 4.69) is 52.4 Å². The second-order valence-corrected chi connectivity index (χ2v) is 24.0. The standard InChI is InChI=1S/C15H40N2O3Si4/c1-9-24(8,19-22(4,5)15-11-13-17)20-23(6,7)18-21(2,3)14-10-12-16/h9H,1,10-17H2,2-8H3. The van der Waals surface area contributed by atoms with E-state index in [1.54, 1.807) is 0 Å². The fraction of sp³-hybridized carbons (Fsp3) is 0.867. The highest BCUT2D eigenvalue weighted by molar-refractivity contribution is 6.91. The minimum absolute atomic E-state index is 0.706. The van der Waals surface area contributed by atoms with E-state index in [0.29, 0.717) is 13.1 Å². The van der Waals surface area contributed by atoms with Gasteiger partial charge in [0.1, 0.15) is 0 Å². The minimum atomic E-state index is -2.46. The van der Waals surface area contributed by atoms with Crippen molar-refractivity contribution in [3.63, 3.8) is 0 Å². The Bertz CT molecular complexity index is 395. The van der Waals surface area contributed by atoms with Gasteiger partial charge in [-0.1, -0.05) is 5.70 Å². The fourth-order valence-electron chi connectivity index (χ4n) is 2.98.